The molecular formula is C18H27BrN4O3. The molecule has 144 valence electrons. The molecule has 0 atom stereocenters. The Kier molecular flexibility index (Phi) is 8.02. The number of fused-ring (bicyclic) bond motifs is 1. The Hall–Kier alpha value is -1.48. The van der Waals surface area contributed by atoms with Crippen molar-refractivity contribution >= 4 is 33.6 Å². The first kappa shape index (κ1) is 20.8. The van der Waals surface area contributed by atoms with Gasteiger partial charge in [-0.25, -0.2) is 0 Å². The van der Waals surface area contributed by atoms with Crippen molar-refractivity contribution in [3.8, 4) is 0 Å². The first-order valence-electron chi connectivity index (χ1n) is 8.96. The Bertz CT molecular complexity index is 714. The van der Waals surface area contributed by atoms with Crippen molar-refractivity contribution < 1.29 is 10.0 Å². The van der Waals surface area contributed by atoms with E-state index in [1.54, 1.807) is 12.1 Å². The van der Waals surface area contributed by atoms with Crippen molar-refractivity contribution in [1.82, 2.24) is 14.4 Å². The van der Waals surface area contributed by atoms with Crippen molar-refractivity contribution in [1.29, 1.82) is 0 Å². The molecule has 0 spiro atoms. The van der Waals surface area contributed by atoms with Gasteiger partial charge in [0.1, 0.15) is 0 Å². The van der Waals surface area contributed by atoms with E-state index in [0.717, 1.165) is 69.6 Å². The third kappa shape index (κ3) is 5.26. The van der Waals surface area contributed by atoms with E-state index in [1.165, 1.54) is 0 Å². The second-order valence-electron chi connectivity index (χ2n) is 6.62. The molecule has 0 aliphatic carbocycles. The molecule has 1 aliphatic heterocycles. The number of piperazine rings is 1. The zero-order chi connectivity index (χ0) is 17.6. The minimum atomic E-state index is -0.350. The largest absolute Gasteiger partial charge is 0.396 e. The van der Waals surface area contributed by atoms with Gasteiger partial charge in [0.15, 0.2) is 0 Å². The SMILES string of the molecule is Br.O=[N+]([O-])c1ccc2c(ccn2CCCN2CCN(CCCO)CC2)c1. The molecule has 0 bridgehead atoms. The summed E-state index contributed by atoms with van der Waals surface area (Å²) in [6.07, 6.45) is 3.94. The van der Waals surface area contributed by atoms with Crippen LogP contribution >= 0.6 is 17.0 Å². The van der Waals surface area contributed by atoms with E-state index in [-0.39, 0.29) is 34.2 Å². The van der Waals surface area contributed by atoms with Gasteiger partial charge in [0.2, 0.25) is 0 Å². The lowest BCUT2D eigenvalue weighted by molar-refractivity contribution is -0.384. The second-order valence-corrected chi connectivity index (χ2v) is 6.62. The highest BCUT2D eigenvalue weighted by Crippen LogP contribution is 2.22. The fourth-order valence-electron chi connectivity index (χ4n) is 3.49. The average Bonchev–Trinajstić information content (AvgIpc) is 3.03. The van der Waals surface area contributed by atoms with Crippen LogP contribution < -0.4 is 0 Å². The van der Waals surface area contributed by atoms with Crippen LogP contribution in [0.1, 0.15) is 12.8 Å². The van der Waals surface area contributed by atoms with Gasteiger partial charge in [0.05, 0.1) is 4.92 Å². The number of aryl methyl sites for hydroxylation is 1. The average molecular weight is 427 g/mol. The van der Waals surface area contributed by atoms with Crippen LogP contribution in [0.25, 0.3) is 10.9 Å². The smallest absolute Gasteiger partial charge is 0.270 e. The van der Waals surface area contributed by atoms with Gasteiger partial charge in [0, 0.05) is 75.1 Å². The number of nitrogens with zero attached hydrogens (tertiary/aromatic N) is 4. The number of rotatable bonds is 8. The molecule has 26 heavy (non-hydrogen) atoms. The summed E-state index contributed by atoms with van der Waals surface area (Å²) in [7, 11) is 0. The van der Waals surface area contributed by atoms with Crippen molar-refractivity contribution in [3.05, 3.63) is 40.6 Å². The highest BCUT2D eigenvalue weighted by atomic mass is 79.9. The first-order valence-corrected chi connectivity index (χ1v) is 8.96. The number of halogens is 1. The lowest BCUT2D eigenvalue weighted by Gasteiger charge is -2.34. The van der Waals surface area contributed by atoms with Crippen molar-refractivity contribution in [2.75, 3.05) is 45.9 Å². The molecule has 2 aromatic rings. The lowest BCUT2D eigenvalue weighted by Crippen LogP contribution is -2.46. The molecule has 2 heterocycles. The molecule has 1 aliphatic rings. The molecule has 8 heteroatoms. The quantitative estimate of drug-likeness (QED) is 0.518. The summed E-state index contributed by atoms with van der Waals surface area (Å²) in [6, 6.07) is 7.00. The first-order chi connectivity index (χ1) is 12.2. The van der Waals surface area contributed by atoms with Crippen molar-refractivity contribution in [3.63, 3.8) is 0 Å². The monoisotopic (exact) mass is 426 g/mol. The van der Waals surface area contributed by atoms with Crippen LogP contribution in [0, 0.1) is 10.1 Å². The van der Waals surface area contributed by atoms with Crippen LogP contribution in [0.4, 0.5) is 5.69 Å². The molecule has 0 amide bonds. The number of aliphatic hydroxyl groups excluding tert-OH is 1. The van der Waals surface area contributed by atoms with Gasteiger partial charge in [0.25, 0.3) is 5.69 Å². The predicted octanol–water partition coefficient (Wildman–Crippen LogP) is 2.52. The zero-order valence-corrected chi connectivity index (χ0v) is 16.6. The summed E-state index contributed by atoms with van der Waals surface area (Å²) < 4.78 is 2.18. The molecule has 0 saturated carbocycles. The van der Waals surface area contributed by atoms with Crippen molar-refractivity contribution in [2.45, 2.75) is 19.4 Å². The normalized spacial score (nSPS) is 15.9. The van der Waals surface area contributed by atoms with Crippen LogP contribution in [0.5, 0.6) is 0 Å². The third-order valence-corrected chi connectivity index (χ3v) is 4.94. The summed E-state index contributed by atoms with van der Waals surface area (Å²) >= 11 is 0. The molecule has 1 aromatic heterocycles. The molecular weight excluding hydrogens is 400 g/mol. The van der Waals surface area contributed by atoms with Gasteiger partial charge >= 0.3 is 0 Å². The summed E-state index contributed by atoms with van der Waals surface area (Å²) in [6.45, 7) is 7.59. The maximum Gasteiger partial charge on any atom is 0.270 e. The fourth-order valence-corrected chi connectivity index (χ4v) is 3.49. The van der Waals surface area contributed by atoms with E-state index in [2.05, 4.69) is 14.4 Å². The molecule has 7 nitrogen and oxygen atoms in total. The lowest BCUT2D eigenvalue weighted by atomic mass is 10.2. The van der Waals surface area contributed by atoms with Crippen LogP contribution in [0.15, 0.2) is 30.5 Å². The molecule has 3 rings (SSSR count). The number of hydrogen-bond acceptors (Lipinski definition) is 5. The van der Waals surface area contributed by atoms with Crippen LogP contribution in [0.3, 0.4) is 0 Å². The zero-order valence-electron chi connectivity index (χ0n) is 14.9. The number of benzene rings is 1. The second kappa shape index (κ2) is 10.0. The summed E-state index contributed by atoms with van der Waals surface area (Å²) in [4.78, 5) is 15.4. The Morgan fingerprint density at radius 3 is 2.27 bits per heavy atom. The molecule has 0 radical (unpaired) electrons. The van der Waals surface area contributed by atoms with Crippen LogP contribution in [-0.2, 0) is 6.54 Å². The standard InChI is InChI=1S/C18H26N4O3.BrH/c23-14-2-7-20-12-10-19(11-13-20)6-1-8-21-9-5-16-15-17(22(24)25)3-4-18(16)21;/h3-5,9,15,23H,1-2,6-8,10-14H2;1H. The van der Waals surface area contributed by atoms with E-state index in [1.807, 2.05) is 18.3 Å². The van der Waals surface area contributed by atoms with E-state index in [4.69, 9.17) is 5.11 Å². The molecule has 0 unspecified atom stereocenters. The molecule has 1 aromatic carbocycles. The number of nitro benzene ring substituents is 1. The number of nitro groups is 1. The fraction of sp³-hybridized carbons (Fsp3) is 0.556. The van der Waals surface area contributed by atoms with E-state index in [9.17, 15) is 10.1 Å². The van der Waals surface area contributed by atoms with Crippen molar-refractivity contribution in [2.24, 2.45) is 0 Å². The highest BCUT2D eigenvalue weighted by molar-refractivity contribution is 8.93. The maximum absolute atomic E-state index is 10.9. The maximum atomic E-state index is 10.9. The highest BCUT2D eigenvalue weighted by Gasteiger charge is 2.16. The van der Waals surface area contributed by atoms with Gasteiger partial charge in [-0.05, 0) is 31.5 Å². The summed E-state index contributed by atoms with van der Waals surface area (Å²) in [5, 5.41) is 20.7. The summed E-state index contributed by atoms with van der Waals surface area (Å²) in [5.74, 6) is 0. The van der Waals surface area contributed by atoms with E-state index in [0.29, 0.717) is 0 Å². The van der Waals surface area contributed by atoms with Gasteiger partial charge in [-0.1, -0.05) is 0 Å². The Morgan fingerprint density at radius 1 is 1.00 bits per heavy atom. The minimum Gasteiger partial charge on any atom is -0.396 e. The Morgan fingerprint density at radius 2 is 1.65 bits per heavy atom. The predicted molar refractivity (Wildman–Crippen MR) is 108 cm³/mol. The van der Waals surface area contributed by atoms with Crippen LogP contribution in [-0.4, -0.2) is 70.3 Å². The minimum absolute atomic E-state index is 0. The summed E-state index contributed by atoms with van der Waals surface area (Å²) in [5.41, 5.74) is 1.20. The number of non-ortho nitro benzene ring substituents is 1. The van der Waals surface area contributed by atoms with Gasteiger partial charge < -0.3 is 19.5 Å². The molecule has 1 fully saturated rings. The van der Waals surface area contributed by atoms with E-state index >= 15 is 0 Å². The van der Waals surface area contributed by atoms with Gasteiger partial charge in [-0.15, -0.1) is 17.0 Å². The Labute approximate surface area is 164 Å². The van der Waals surface area contributed by atoms with Gasteiger partial charge in [-0.3, -0.25) is 10.1 Å². The van der Waals surface area contributed by atoms with E-state index < -0.39 is 0 Å². The van der Waals surface area contributed by atoms with Gasteiger partial charge in [-0.2, -0.15) is 0 Å². The van der Waals surface area contributed by atoms with Crippen LogP contribution in [0.2, 0.25) is 0 Å². The third-order valence-electron chi connectivity index (χ3n) is 4.94. The molecule has 1 saturated heterocycles. The molecule has 1 N–H and O–H groups in total. The number of aromatic nitrogens is 1. The number of aliphatic hydroxyl groups is 1. The topological polar surface area (TPSA) is 74.8 Å². The Balaban J connectivity index is 0.00000243. The number of hydrogen-bond donors (Lipinski definition) is 1.